The van der Waals surface area contributed by atoms with Crippen molar-refractivity contribution in [3.63, 3.8) is 0 Å². The lowest BCUT2D eigenvalue weighted by atomic mass is 9.99. The summed E-state index contributed by atoms with van der Waals surface area (Å²) >= 11 is 0. The Morgan fingerprint density at radius 3 is 3.11 bits per heavy atom. The van der Waals surface area contributed by atoms with Crippen LogP contribution < -0.4 is 5.32 Å². The molecule has 1 N–H and O–H groups in total. The molecule has 1 aliphatic rings. The molecule has 1 unspecified atom stereocenters. The van der Waals surface area contributed by atoms with E-state index in [1.807, 2.05) is 18.2 Å². The molecule has 0 saturated carbocycles. The highest BCUT2D eigenvalue weighted by Crippen LogP contribution is 2.20. The normalized spacial score (nSPS) is 19.4. The van der Waals surface area contributed by atoms with Crippen LogP contribution in [-0.4, -0.2) is 22.6 Å². The number of nitrogens with one attached hydrogen (secondary N) is 1. The lowest BCUT2D eigenvalue weighted by Crippen LogP contribution is -2.32. The van der Waals surface area contributed by atoms with E-state index in [0.717, 1.165) is 36.5 Å². The van der Waals surface area contributed by atoms with Crippen LogP contribution in [0.3, 0.4) is 0 Å². The summed E-state index contributed by atoms with van der Waals surface area (Å²) < 4.78 is 2.23. The van der Waals surface area contributed by atoms with Crippen LogP contribution in [0.1, 0.15) is 18.7 Å². The molecule has 4 heteroatoms. The van der Waals surface area contributed by atoms with Crippen molar-refractivity contribution < 1.29 is 0 Å². The smallest absolute Gasteiger partial charge is 0.124 e. The Hall–Kier alpha value is -1.86. The fourth-order valence-electron chi connectivity index (χ4n) is 2.87. The maximum atomic E-state index is 8.96. The van der Waals surface area contributed by atoms with E-state index in [2.05, 4.69) is 27.0 Å². The maximum Gasteiger partial charge on any atom is 0.124 e. The second kappa shape index (κ2) is 5.41. The van der Waals surface area contributed by atoms with E-state index in [-0.39, 0.29) is 0 Å². The van der Waals surface area contributed by atoms with E-state index >= 15 is 0 Å². The Bertz CT molecular complexity index is 602. The van der Waals surface area contributed by atoms with Gasteiger partial charge in [0.25, 0.3) is 0 Å². The zero-order chi connectivity index (χ0) is 13.1. The number of nitrogens with zero attached hydrogens (tertiary/aromatic N) is 3. The van der Waals surface area contributed by atoms with E-state index in [1.54, 1.807) is 0 Å². The molecular formula is C15H18N4. The van der Waals surface area contributed by atoms with Crippen molar-refractivity contribution in [2.75, 3.05) is 13.1 Å². The second-order valence-corrected chi connectivity index (χ2v) is 5.17. The van der Waals surface area contributed by atoms with E-state index in [4.69, 9.17) is 5.26 Å². The number of para-hydroxylation sites is 2. The van der Waals surface area contributed by atoms with Gasteiger partial charge >= 0.3 is 0 Å². The van der Waals surface area contributed by atoms with Crippen molar-refractivity contribution in [2.24, 2.45) is 5.92 Å². The third-order valence-electron chi connectivity index (χ3n) is 3.81. The molecule has 4 nitrogen and oxygen atoms in total. The first-order valence-corrected chi connectivity index (χ1v) is 6.90. The third kappa shape index (κ3) is 2.47. The number of fused-ring (bicyclic) bond motifs is 1. The molecule has 0 bridgehead atoms. The molecule has 19 heavy (non-hydrogen) atoms. The van der Waals surface area contributed by atoms with Gasteiger partial charge in [0.05, 0.1) is 23.5 Å². The average Bonchev–Trinajstić information content (AvgIpc) is 2.79. The summed E-state index contributed by atoms with van der Waals surface area (Å²) in [4.78, 5) is 4.59. The highest BCUT2D eigenvalue weighted by molar-refractivity contribution is 5.75. The molecule has 3 rings (SSSR count). The Morgan fingerprint density at radius 2 is 2.32 bits per heavy atom. The standard InChI is InChI=1S/C15H18N4/c16-8-7-15-18-13-5-1-2-6-14(13)19(15)11-12-4-3-9-17-10-12/h1-2,5-6,12,17H,3-4,7,9-11H2. The highest BCUT2D eigenvalue weighted by atomic mass is 15.1. The molecular weight excluding hydrogens is 236 g/mol. The number of rotatable bonds is 3. The van der Waals surface area contributed by atoms with E-state index in [0.29, 0.717) is 12.3 Å². The van der Waals surface area contributed by atoms with Crippen LogP contribution >= 0.6 is 0 Å². The number of hydrogen-bond acceptors (Lipinski definition) is 3. The molecule has 2 heterocycles. The summed E-state index contributed by atoms with van der Waals surface area (Å²) in [5.41, 5.74) is 2.15. The van der Waals surface area contributed by atoms with Gasteiger partial charge in [-0.25, -0.2) is 4.98 Å². The Balaban J connectivity index is 1.95. The molecule has 0 amide bonds. The van der Waals surface area contributed by atoms with Crippen molar-refractivity contribution in [1.29, 1.82) is 5.26 Å². The first-order chi connectivity index (χ1) is 9.38. The van der Waals surface area contributed by atoms with Crippen LogP contribution in [0.2, 0.25) is 0 Å². The minimum absolute atomic E-state index is 0.384. The first-order valence-electron chi connectivity index (χ1n) is 6.90. The molecule has 2 aromatic rings. The maximum absolute atomic E-state index is 8.96. The number of piperidine rings is 1. The first kappa shape index (κ1) is 12.2. The number of imidazole rings is 1. The Morgan fingerprint density at radius 1 is 1.42 bits per heavy atom. The topological polar surface area (TPSA) is 53.6 Å². The summed E-state index contributed by atoms with van der Waals surface area (Å²) in [5.74, 6) is 1.54. The predicted octanol–water partition coefficient (Wildman–Crippen LogP) is 2.10. The van der Waals surface area contributed by atoms with Gasteiger partial charge in [0.1, 0.15) is 5.82 Å². The minimum atomic E-state index is 0.384. The Kier molecular flexibility index (Phi) is 3.47. The molecule has 98 valence electrons. The molecule has 1 aliphatic heterocycles. The minimum Gasteiger partial charge on any atom is -0.327 e. The van der Waals surface area contributed by atoms with E-state index in [9.17, 15) is 0 Å². The predicted molar refractivity (Wildman–Crippen MR) is 74.6 cm³/mol. The molecule has 0 aliphatic carbocycles. The lowest BCUT2D eigenvalue weighted by molar-refractivity contribution is 0.337. The lowest BCUT2D eigenvalue weighted by Gasteiger charge is -2.24. The van der Waals surface area contributed by atoms with E-state index < -0.39 is 0 Å². The van der Waals surface area contributed by atoms with Gasteiger partial charge < -0.3 is 9.88 Å². The van der Waals surface area contributed by atoms with Gasteiger partial charge in [-0.15, -0.1) is 0 Å². The number of benzene rings is 1. The fraction of sp³-hybridized carbons (Fsp3) is 0.467. The van der Waals surface area contributed by atoms with Gasteiger partial charge in [-0.05, 0) is 44.0 Å². The molecule has 0 radical (unpaired) electrons. The van der Waals surface area contributed by atoms with Crippen molar-refractivity contribution >= 4 is 11.0 Å². The van der Waals surface area contributed by atoms with Gasteiger partial charge in [0.15, 0.2) is 0 Å². The monoisotopic (exact) mass is 254 g/mol. The van der Waals surface area contributed by atoms with Crippen LogP contribution in [0, 0.1) is 17.2 Å². The molecule has 1 aromatic carbocycles. The fourth-order valence-corrected chi connectivity index (χ4v) is 2.87. The SMILES string of the molecule is N#CCc1nc2ccccc2n1CC1CCCNC1. The van der Waals surface area contributed by atoms with Crippen molar-refractivity contribution in [2.45, 2.75) is 25.8 Å². The highest BCUT2D eigenvalue weighted by Gasteiger charge is 2.17. The van der Waals surface area contributed by atoms with Gasteiger partial charge in [0, 0.05) is 6.54 Å². The number of hydrogen-bond donors (Lipinski definition) is 1. The van der Waals surface area contributed by atoms with Crippen molar-refractivity contribution in [3.05, 3.63) is 30.1 Å². The van der Waals surface area contributed by atoms with Gasteiger partial charge in [0.2, 0.25) is 0 Å². The molecule has 0 spiro atoms. The van der Waals surface area contributed by atoms with Gasteiger partial charge in [-0.2, -0.15) is 5.26 Å². The number of nitriles is 1. The zero-order valence-corrected chi connectivity index (χ0v) is 11.0. The summed E-state index contributed by atoms with van der Waals surface area (Å²) in [6.07, 6.45) is 2.88. The van der Waals surface area contributed by atoms with Crippen LogP contribution in [0.5, 0.6) is 0 Å². The van der Waals surface area contributed by atoms with Gasteiger partial charge in [-0.3, -0.25) is 0 Å². The molecule has 1 saturated heterocycles. The summed E-state index contributed by atoms with van der Waals surface area (Å²) in [7, 11) is 0. The largest absolute Gasteiger partial charge is 0.327 e. The molecule has 1 fully saturated rings. The van der Waals surface area contributed by atoms with Crippen LogP contribution in [0.4, 0.5) is 0 Å². The summed E-state index contributed by atoms with van der Waals surface area (Å²) in [6, 6.07) is 10.4. The van der Waals surface area contributed by atoms with Crippen LogP contribution in [0.15, 0.2) is 24.3 Å². The number of aromatic nitrogens is 2. The van der Waals surface area contributed by atoms with Crippen LogP contribution in [0.25, 0.3) is 11.0 Å². The quantitative estimate of drug-likeness (QED) is 0.912. The second-order valence-electron chi connectivity index (χ2n) is 5.17. The van der Waals surface area contributed by atoms with Crippen LogP contribution in [-0.2, 0) is 13.0 Å². The molecule has 1 aromatic heterocycles. The molecule has 1 atom stereocenters. The summed E-state index contributed by atoms with van der Waals surface area (Å²) in [6.45, 7) is 3.16. The van der Waals surface area contributed by atoms with Crippen molar-refractivity contribution in [3.8, 4) is 6.07 Å². The Labute approximate surface area is 113 Å². The summed E-state index contributed by atoms with van der Waals surface area (Å²) in [5, 5.41) is 12.4. The van der Waals surface area contributed by atoms with E-state index in [1.165, 1.54) is 12.8 Å². The van der Waals surface area contributed by atoms with Gasteiger partial charge in [-0.1, -0.05) is 12.1 Å². The van der Waals surface area contributed by atoms with Crippen molar-refractivity contribution in [1.82, 2.24) is 14.9 Å². The third-order valence-corrected chi connectivity index (χ3v) is 3.81. The average molecular weight is 254 g/mol. The zero-order valence-electron chi connectivity index (χ0n) is 11.0.